The van der Waals surface area contributed by atoms with Crippen LogP contribution in [0, 0.1) is 0 Å². The van der Waals surface area contributed by atoms with Crippen molar-refractivity contribution in [3.63, 3.8) is 0 Å². The van der Waals surface area contributed by atoms with Gasteiger partial charge >= 0.3 is 6.03 Å². The van der Waals surface area contributed by atoms with Gasteiger partial charge in [-0.25, -0.2) is 9.78 Å². The Morgan fingerprint density at radius 1 is 1.26 bits per heavy atom. The van der Waals surface area contributed by atoms with Crippen LogP contribution in [0.25, 0.3) is 0 Å². The molecule has 0 radical (unpaired) electrons. The molecular weight excluding hydrogens is 364 g/mol. The van der Waals surface area contributed by atoms with Crippen LogP contribution in [0.4, 0.5) is 16.2 Å². The molecule has 144 valence electrons. The van der Waals surface area contributed by atoms with Crippen LogP contribution >= 0.6 is 11.6 Å². The molecule has 2 heterocycles. The van der Waals surface area contributed by atoms with Crippen molar-refractivity contribution in [1.29, 1.82) is 0 Å². The molecule has 1 aliphatic heterocycles. The molecule has 0 atom stereocenters. The molecule has 1 saturated heterocycles. The van der Waals surface area contributed by atoms with E-state index in [-0.39, 0.29) is 6.03 Å². The van der Waals surface area contributed by atoms with E-state index in [1.54, 1.807) is 12.3 Å². The highest BCUT2D eigenvalue weighted by molar-refractivity contribution is 6.33. The van der Waals surface area contributed by atoms with E-state index >= 15 is 0 Å². The number of carbonyl (C=O) groups excluding carboxylic acids is 1. The zero-order valence-electron chi connectivity index (χ0n) is 15.5. The largest absolute Gasteiger partial charge is 0.478 e. The summed E-state index contributed by atoms with van der Waals surface area (Å²) in [6.45, 7) is 4.81. The first kappa shape index (κ1) is 19.3. The molecule has 1 aromatic carbocycles. The maximum atomic E-state index is 12.2. The number of piperidine rings is 1. The van der Waals surface area contributed by atoms with Crippen LogP contribution < -0.4 is 20.3 Å². The molecule has 0 saturated carbocycles. The van der Waals surface area contributed by atoms with Crippen molar-refractivity contribution >= 4 is 29.0 Å². The monoisotopic (exact) mass is 388 g/mol. The summed E-state index contributed by atoms with van der Waals surface area (Å²) in [6, 6.07) is 9.03. The highest BCUT2D eigenvalue weighted by atomic mass is 35.5. The average molecular weight is 389 g/mol. The fourth-order valence-electron chi connectivity index (χ4n) is 3.15. The van der Waals surface area contributed by atoms with Crippen LogP contribution in [0.2, 0.25) is 5.02 Å². The normalized spacial score (nSPS) is 13.9. The number of ether oxygens (including phenoxy) is 1. The van der Waals surface area contributed by atoms with Gasteiger partial charge in [-0.3, -0.25) is 0 Å². The van der Waals surface area contributed by atoms with Gasteiger partial charge in [-0.2, -0.15) is 0 Å². The Balaban J connectivity index is 1.57. The molecule has 2 N–H and O–H groups in total. The Kier molecular flexibility index (Phi) is 6.76. The summed E-state index contributed by atoms with van der Waals surface area (Å²) in [5.41, 5.74) is 2.52. The molecular formula is C20H25ClN4O2. The van der Waals surface area contributed by atoms with Gasteiger partial charge in [0, 0.05) is 37.1 Å². The van der Waals surface area contributed by atoms with Crippen molar-refractivity contribution in [2.24, 2.45) is 0 Å². The van der Waals surface area contributed by atoms with Crippen molar-refractivity contribution in [1.82, 2.24) is 10.3 Å². The highest BCUT2D eigenvalue weighted by Crippen LogP contribution is 2.30. The minimum atomic E-state index is -0.303. The van der Waals surface area contributed by atoms with Crippen LogP contribution in [-0.4, -0.2) is 30.7 Å². The second-order valence-electron chi connectivity index (χ2n) is 6.42. The first-order valence-corrected chi connectivity index (χ1v) is 9.71. The van der Waals surface area contributed by atoms with Crippen LogP contribution in [0.5, 0.6) is 5.88 Å². The lowest BCUT2D eigenvalue weighted by Crippen LogP contribution is -2.30. The number of halogens is 1. The summed E-state index contributed by atoms with van der Waals surface area (Å²) in [5.74, 6) is 0.536. The third kappa shape index (κ3) is 5.26. The van der Waals surface area contributed by atoms with E-state index < -0.39 is 0 Å². The smallest absolute Gasteiger partial charge is 0.319 e. The first-order valence-electron chi connectivity index (χ1n) is 9.33. The summed E-state index contributed by atoms with van der Waals surface area (Å²) < 4.78 is 5.47. The van der Waals surface area contributed by atoms with Gasteiger partial charge in [0.1, 0.15) is 0 Å². The number of nitrogens with zero attached hydrogens (tertiary/aromatic N) is 2. The Labute approximate surface area is 164 Å². The number of hydrogen-bond donors (Lipinski definition) is 2. The van der Waals surface area contributed by atoms with E-state index in [9.17, 15) is 4.79 Å². The molecule has 6 nitrogen and oxygen atoms in total. The molecule has 2 amide bonds. The minimum absolute atomic E-state index is 0.303. The number of rotatable bonds is 6. The van der Waals surface area contributed by atoms with Crippen LogP contribution in [0.15, 0.2) is 36.5 Å². The molecule has 0 bridgehead atoms. The molecule has 0 spiro atoms. The SMILES string of the molecule is CCOc1ncccc1CNC(=O)Nc1ccc(N2CCCCC2)c(Cl)c1. The molecule has 0 aliphatic carbocycles. The van der Waals surface area contributed by atoms with E-state index in [0.717, 1.165) is 24.3 Å². The quantitative estimate of drug-likeness (QED) is 0.767. The molecule has 2 aromatic rings. The number of carbonyl (C=O) groups is 1. The zero-order chi connectivity index (χ0) is 19.1. The summed E-state index contributed by atoms with van der Waals surface area (Å²) in [5, 5.41) is 6.29. The molecule has 7 heteroatoms. The maximum Gasteiger partial charge on any atom is 0.319 e. The standard InChI is InChI=1S/C20H25ClN4O2/c1-2-27-19-15(7-6-10-22-19)14-23-20(26)24-16-8-9-18(17(21)13-16)25-11-4-3-5-12-25/h6-10,13H,2-5,11-12,14H2,1H3,(H2,23,24,26). The van der Waals surface area contributed by atoms with Crippen LogP contribution in [0.3, 0.4) is 0 Å². The number of pyridine rings is 1. The van der Waals surface area contributed by atoms with Crippen molar-refractivity contribution in [3.8, 4) is 5.88 Å². The number of nitrogens with one attached hydrogen (secondary N) is 2. The predicted molar refractivity (Wildman–Crippen MR) is 109 cm³/mol. The second-order valence-corrected chi connectivity index (χ2v) is 6.83. The third-order valence-corrected chi connectivity index (χ3v) is 4.78. The number of amides is 2. The average Bonchev–Trinajstić information content (AvgIpc) is 2.68. The molecule has 27 heavy (non-hydrogen) atoms. The van der Waals surface area contributed by atoms with E-state index in [0.29, 0.717) is 29.7 Å². The van der Waals surface area contributed by atoms with Gasteiger partial charge < -0.3 is 20.3 Å². The Hall–Kier alpha value is -2.47. The third-order valence-electron chi connectivity index (χ3n) is 4.47. The number of aromatic nitrogens is 1. The number of anilines is 2. The lowest BCUT2D eigenvalue weighted by atomic mass is 10.1. The lowest BCUT2D eigenvalue weighted by molar-refractivity contribution is 0.251. The number of hydrogen-bond acceptors (Lipinski definition) is 4. The van der Waals surface area contributed by atoms with Gasteiger partial charge in [0.05, 0.1) is 17.3 Å². The molecule has 1 aromatic heterocycles. The number of urea groups is 1. The topological polar surface area (TPSA) is 66.5 Å². The van der Waals surface area contributed by atoms with Crippen LogP contribution in [0.1, 0.15) is 31.7 Å². The van der Waals surface area contributed by atoms with Gasteiger partial charge in [0.25, 0.3) is 0 Å². The fraction of sp³-hybridized carbons (Fsp3) is 0.400. The summed E-state index contributed by atoms with van der Waals surface area (Å²) >= 11 is 6.44. The fourth-order valence-corrected chi connectivity index (χ4v) is 3.45. The van der Waals surface area contributed by atoms with Crippen LogP contribution in [-0.2, 0) is 6.54 Å². The Morgan fingerprint density at radius 3 is 2.81 bits per heavy atom. The molecule has 1 aliphatic rings. The van der Waals surface area contributed by atoms with E-state index in [2.05, 4.69) is 20.5 Å². The van der Waals surface area contributed by atoms with Crippen molar-refractivity contribution < 1.29 is 9.53 Å². The first-order chi connectivity index (χ1) is 13.2. The Bertz CT molecular complexity index is 778. The minimum Gasteiger partial charge on any atom is -0.478 e. The Morgan fingerprint density at radius 2 is 2.07 bits per heavy atom. The summed E-state index contributed by atoms with van der Waals surface area (Å²) in [6.07, 6.45) is 5.32. The van der Waals surface area contributed by atoms with Gasteiger partial charge in [0.15, 0.2) is 0 Å². The van der Waals surface area contributed by atoms with Crippen molar-refractivity contribution in [2.75, 3.05) is 29.9 Å². The van der Waals surface area contributed by atoms with E-state index in [1.165, 1.54) is 19.3 Å². The van der Waals surface area contributed by atoms with E-state index in [4.69, 9.17) is 16.3 Å². The highest BCUT2D eigenvalue weighted by Gasteiger charge is 2.14. The van der Waals surface area contributed by atoms with E-state index in [1.807, 2.05) is 31.2 Å². The maximum absolute atomic E-state index is 12.2. The predicted octanol–water partition coefficient (Wildman–Crippen LogP) is 4.45. The number of benzene rings is 1. The molecule has 3 rings (SSSR count). The summed E-state index contributed by atoms with van der Waals surface area (Å²) in [4.78, 5) is 18.7. The van der Waals surface area contributed by atoms with Crippen molar-refractivity contribution in [3.05, 3.63) is 47.1 Å². The molecule has 1 fully saturated rings. The van der Waals surface area contributed by atoms with Gasteiger partial charge in [-0.1, -0.05) is 17.7 Å². The van der Waals surface area contributed by atoms with Gasteiger partial charge in [-0.15, -0.1) is 0 Å². The second kappa shape index (κ2) is 9.46. The molecule has 0 unspecified atom stereocenters. The van der Waals surface area contributed by atoms with Gasteiger partial charge in [-0.05, 0) is 50.5 Å². The van der Waals surface area contributed by atoms with Gasteiger partial charge in [0.2, 0.25) is 5.88 Å². The zero-order valence-corrected chi connectivity index (χ0v) is 16.3. The summed E-state index contributed by atoms with van der Waals surface area (Å²) in [7, 11) is 0. The van der Waals surface area contributed by atoms with Crippen molar-refractivity contribution in [2.45, 2.75) is 32.7 Å². The lowest BCUT2D eigenvalue weighted by Gasteiger charge is -2.29.